The average molecular weight is 458 g/mol. The topological polar surface area (TPSA) is 136 Å². The molecule has 0 aliphatic carbocycles. The Bertz CT molecular complexity index is 1040. The molecule has 32 heavy (non-hydrogen) atoms. The van der Waals surface area contributed by atoms with E-state index in [2.05, 4.69) is 38.8 Å². The van der Waals surface area contributed by atoms with Crippen LogP contribution in [0.15, 0.2) is 54.2 Å². The molecule has 1 aromatic heterocycles. The van der Waals surface area contributed by atoms with Crippen molar-refractivity contribution >= 4 is 35.0 Å². The summed E-state index contributed by atoms with van der Waals surface area (Å²) in [6.07, 6.45) is 0. The van der Waals surface area contributed by atoms with Gasteiger partial charge in [0.15, 0.2) is 0 Å². The number of nitrogens with zero attached hydrogens (tertiary/aromatic N) is 1. The molecule has 0 saturated heterocycles. The van der Waals surface area contributed by atoms with Crippen molar-refractivity contribution in [1.29, 1.82) is 0 Å². The molecule has 0 spiro atoms. The third-order valence-electron chi connectivity index (χ3n) is 3.96. The van der Waals surface area contributed by atoms with E-state index in [0.717, 1.165) is 7.11 Å². The van der Waals surface area contributed by atoms with Gasteiger partial charge in [0.2, 0.25) is 0 Å². The molecule has 11 heteroatoms. The Hall–Kier alpha value is -3.83. The second-order valence-corrected chi connectivity index (χ2v) is 7.08. The SMILES string of the molecule is C=C(NC(=O)c1csc(-c2ccc(C(=O)NCCOC)cc2)n1)C(=O)NC(=C)C(=O)OC. The Morgan fingerprint density at radius 3 is 2.31 bits per heavy atom. The third-order valence-corrected chi connectivity index (χ3v) is 4.85. The first kappa shape index (κ1) is 24.4. The van der Waals surface area contributed by atoms with Gasteiger partial charge in [-0.15, -0.1) is 11.3 Å². The normalized spacial score (nSPS) is 10.1. The predicted molar refractivity (Wildman–Crippen MR) is 118 cm³/mol. The predicted octanol–water partition coefficient (Wildman–Crippen LogP) is 1.23. The lowest BCUT2D eigenvalue weighted by atomic mass is 10.1. The summed E-state index contributed by atoms with van der Waals surface area (Å²) < 4.78 is 9.31. The van der Waals surface area contributed by atoms with E-state index in [1.165, 1.54) is 16.7 Å². The molecule has 0 saturated carbocycles. The number of hydrogen-bond donors (Lipinski definition) is 3. The molecule has 1 aromatic carbocycles. The van der Waals surface area contributed by atoms with Gasteiger partial charge in [0, 0.05) is 30.2 Å². The maximum atomic E-state index is 12.4. The van der Waals surface area contributed by atoms with Gasteiger partial charge >= 0.3 is 5.97 Å². The van der Waals surface area contributed by atoms with Crippen molar-refractivity contribution < 1.29 is 28.7 Å². The molecule has 0 aliphatic rings. The third kappa shape index (κ3) is 6.59. The first-order chi connectivity index (χ1) is 15.3. The number of benzene rings is 1. The molecule has 3 N–H and O–H groups in total. The van der Waals surface area contributed by atoms with E-state index in [4.69, 9.17) is 4.74 Å². The highest BCUT2D eigenvalue weighted by Crippen LogP contribution is 2.24. The van der Waals surface area contributed by atoms with Gasteiger partial charge in [-0.25, -0.2) is 9.78 Å². The smallest absolute Gasteiger partial charge is 0.353 e. The Morgan fingerprint density at radius 1 is 1.00 bits per heavy atom. The standard InChI is InChI=1S/C21H22N4O6S/c1-12(17(26)24-13(2)21(29)31-4)23-19(28)16-11-32-20(25-16)15-7-5-14(6-8-15)18(27)22-9-10-30-3/h5-8,11H,1-2,9-10H2,3-4H3,(H,22,27)(H,23,28)(H,24,26). The fourth-order valence-electron chi connectivity index (χ4n) is 2.29. The molecule has 3 amide bonds. The van der Waals surface area contributed by atoms with Gasteiger partial charge in [0.1, 0.15) is 16.4 Å². The Kier molecular flexibility index (Phi) is 8.81. The lowest BCUT2D eigenvalue weighted by Gasteiger charge is -2.09. The number of nitrogens with one attached hydrogen (secondary N) is 3. The van der Waals surface area contributed by atoms with Crippen molar-refractivity contribution in [2.75, 3.05) is 27.4 Å². The molecule has 1 heterocycles. The molecular weight excluding hydrogens is 436 g/mol. The zero-order chi connectivity index (χ0) is 23.7. The largest absolute Gasteiger partial charge is 0.464 e. The number of methoxy groups -OCH3 is 2. The number of ether oxygens (including phenoxy) is 2. The van der Waals surface area contributed by atoms with E-state index in [9.17, 15) is 19.2 Å². The Labute approximate surface area is 188 Å². The molecular formula is C21H22N4O6S. The van der Waals surface area contributed by atoms with E-state index in [0.29, 0.717) is 29.3 Å². The minimum absolute atomic E-state index is 0.0760. The van der Waals surface area contributed by atoms with Crippen LogP contribution in [0.5, 0.6) is 0 Å². The van der Waals surface area contributed by atoms with Gasteiger partial charge in [-0.2, -0.15) is 0 Å². The highest BCUT2D eigenvalue weighted by Gasteiger charge is 2.18. The number of amides is 3. The second kappa shape index (κ2) is 11.5. The molecule has 2 rings (SSSR count). The molecule has 168 valence electrons. The minimum Gasteiger partial charge on any atom is -0.464 e. The number of esters is 1. The fourth-order valence-corrected chi connectivity index (χ4v) is 3.09. The fraction of sp³-hybridized carbons (Fsp3) is 0.190. The Balaban J connectivity index is 1.98. The van der Waals surface area contributed by atoms with Gasteiger partial charge in [-0.05, 0) is 12.1 Å². The lowest BCUT2D eigenvalue weighted by Crippen LogP contribution is -2.35. The van der Waals surface area contributed by atoms with Crippen LogP contribution in [-0.4, -0.2) is 56.0 Å². The van der Waals surface area contributed by atoms with Crippen molar-refractivity contribution in [3.8, 4) is 10.6 Å². The highest BCUT2D eigenvalue weighted by atomic mass is 32.1. The van der Waals surface area contributed by atoms with Crippen LogP contribution < -0.4 is 16.0 Å². The summed E-state index contributed by atoms with van der Waals surface area (Å²) >= 11 is 1.22. The molecule has 0 bridgehead atoms. The minimum atomic E-state index is -0.819. The van der Waals surface area contributed by atoms with E-state index < -0.39 is 17.8 Å². The van der Waals surface area contributed by atoms with E-state index in [-0.39, 0.29) is 23.0 Å². The van der Waals surface area contributed by atoms with Crippen LogP contribution in [0, 0.1) is 0 Å². The van der Waals surface area contributed by atoms with Crippen LogP contribution in [0.3, 0.4) is 0 Å². The van der Waals surface area contributed by atoms with E-state index in [1.807, 2.05) is 0 Å². The number of aromatic nitrogens is 1. The average Bonchev–Trinajstić information content (AvgIpc) is 3.29. The molecule has 0 aliphatic heterocycles. The number of thiazole rings is 1. The molecule has 0 fully saturated rings. The van der Waals surface area contributed by atoms with Crippen molar-refractivity contribution in [1.82, 2.24) is 20.9 Å². The van der Waals surface area contributed by atoms with Crippen LogP contribution >= 0.6 is 11.3 Å². The van der Waals surface area contributed by atoms with Crippen molar-refractivity contribution in [2.45, 2.75) is 0 Å². The number of carbonyl (C=O) groups excluding carboxylic acids is 4. The second-order valence-electron chi connectivity index (χ2n) is 6.22. The van der Waals surface area contributed by atoms with Gasteiger partial charge in [0.25, 0.3) is 17.7 Å². The molecule has 0 radical (unpaired) electrons. The molecule has 2 aromatic rings. The van der Waals surface area contributed by atoms with Crippen LogP contribution in [0.2, 0.25) is 0 Å². The van der Waals surface area contributed by atoms with E-state index >= 15 is 0 Å². The van der Waals surface area contributed by atoms with Crippen LogP contribution in [0.4, 0.5) is 0 Å². The Morgan fingerprint density at radius 2 is 1.69 bits per heavy atom. The van der Waals surface area contributed by atoms with Crippen molar-refractivity contribution in [2.24, 2.45) is 0 Å². The molecule has 0 atom stereocenters. The quantitative estimate of drug-likeness (QED) is 0.277. The number of hydrogen-bond acceptors (Lipinski definition) is 8. The highest BCUT2D eigenvalue weighted by molar-refractivity contribution is 7.13. The van der Waals surface area contributed by atoms with Gasteiger partial charge in [-0.3, -0.25) is 14.4 Å². The summed E-state index contributed by atoms with van der Waals surface area (Å²) in [5, 5.41) is 9.28. The monoisotopic (exact) mass is 458 g/mol. The summed E-state index contributed by atoms with van der Waals surface area (Å²) in [4.78, 5) is 51.9. The van der Waals surface area contributed by atoms with Gasteiger partial charge in [0.05, 0.1) is 19.4 Å². The molecule has 10 nitrogen and oxygen atoms in total. The summed E-state index contributed by atoms with van der Waals surface area (Å²) in [5.41, 5.74) is 0.689. The maximum Gasteiger partial charge on any atom is 0.353 e. The van der Waals surface area contributed by atoms with Crippen LogP contribution in [0.25, 0.3) is 10.6 Å². The number of rotatable bonds is 10. The maximum absolute atomic E-state index is 12.4. The lowest BCUT2D eigenvalue weighted by molar-refractivity contribution is -0.137. The summed E-state index contributed by atoms with van der Waals surface area (Å²) in [5.74, 6) is -2.51. The van der Waals surface area contributed by atoms with Gasteiger partial charge < -0.3 is 25.4 Å². The number of carbonyl (C=O) groups is 4. The van der Waals surface area contributed by atoms with Crippen molar-refractivity contribution in [3.05, 3.63) is 65.5 Å². The summed E-state index contributed by atoms with van der Waals surface area (Å²) in [6, 6.07) is 6.74. The van der Waals surface area contributed by atoms with Crippen LogP contribution in [0.1, 0.15) is 20.8 Å². The summed E-state index contributed by atoms with van der Waals surface area (Å²) in [7, 11) is 2.69. The van der Waals surface area contributed by atoms with Crippen molar-refractivity contribution in [3.63, 3.8) is 0 Å². The first-order valence-corrected chi connectivity index (χ1v) is 10.1. The van der Waals surface area contributed by atoms with E-state index in [1.54, 1.807) is 31.4 Å². The molecule has 0 unspecified atom stereocenters. The first-order valence-electron chi connectivity index (χ1n) is 9.18. The zero-order valence-electron chi connectivity index (χ0n) is 17.5. The van der Waals surface area contributed by atoms with Crippen LogP contribution in [-0.2, 0) is 19.1 Å². The summed E-state index contributed by atoms with van der Waals surface area (Å²) in [6.45, 7) is 7.65. The van der Waals surface area contributed by atoms with Gasteiger partial charge in [-0.1, -0.05) is 25.3 Å². The zero-order valence-corrected chi connectivity index (χ0v) is 18.3.